The average molecular weight is 266 g/mol. The summed E-state index contributed by atoms with van der Waals surface area (Å²) in [6.07, 6.45) is 5.66. The molecule has 106 valence electrons. The number of aliphatic hydroxyl groups excluding tert-OH is 1. The summed E-state index contributed by atoms with van der Waals surface area (Å²) in [5, 5.41) is 16.2. The van der Waals surface area contributed by atoms with E-state index in [1.54, 1.807) is 7.11 Å². The lowest BCUT2D eigenvalue weighted by molar-refractivity contribution is 0.213. The van der Waals surface area contributed by atoms with Crippen molar-refractivity contribution < 1.29 is 9.84 Å². The van der Waals surface area contributed by atoms with Crippen molar-refractivity contribution in [2.45, 2.75) is 38.1 Å². The maximum atomic E-state index is 9.65. The van der Waals surface area contributed by atoms with Crippen molar-refractivity contribution in [3.05, 3.63) is 6.33 Å². The first-order chi connectivity index (χ1) is 9.24. The molecule has 0 bridgehead atoms. The fourth-order valence-electron chi connectivity index (χ4n) is 2.58. The lowest BCUT2D eigenvalue weighted by Crippen LogP contribution is -2.39. The molecule has 0 atom stereocenters. The molecule has 6 heteroatoms. The first-order valence-corrected chi connectivity index (χ1v) is 6.76. The number of aliphatic hydroxyl groups is 1. The molecule has 1 aromatic heterocycles. The second kappa shape index (κ2) is 6.06. The summed E-state index contributed by atoms with van der Waals surface area (Å²) in [6.45, 7) is 2.87. The van der Waals surface area contributed by atoms with Crippen molar-refractivity contribution in [3.63, 3.8) is 0 Å². The van der Waals surface area contributed by atoms with Gasteiger partial charge < -0.3 is 20.5 Å². The molecular weight excluding hydrogens is 244 g/mol. The SMILES string of the molecule is CCNc1ncnc(NC2(CO)CCCC2)c1OC. The smallest absolute Gasteiger partial charge is 0.204 e. The zero-order chi connectivity index (χ0) is 13.7. The van der Waals surface area contributed by atoms with Gasteiger partial charge in [-0.15, -0.1) is 0 Å². The number of methoxy groups -OCH3 is 1. The van der Waals surface area contributed by atoms with Crippen LogP contribution in [0.15, 0.2) is 6.33 Å². The van der Waals surface area contributed by atoms with Crippen LogP contribution >= 0.6 is 0 Å². The molecule has 1 aliphatic carbocycles. The van der Waals surface area contributed by atoms with Crippen LogP contribution < -0.4 is 15.4 Å². The third kappa shape index (κ3) is 2.89. The maximum Gasteiger partial charge on any atom is 0.204 e. The Bertz CT molecular complexity index is 419. The highest BCUT2D eigenvalue weighted by molar-refractivity contribution is 5.64. The van der Waals surface area contributed by atoms with Crippen LogP contribution in [-0.2, 0) is 0 Å². The molecule has 2 rings (SSSR count). The molecule has 19 heavy (non-hydrogen) atoms. The Balaban J connectivity index is 2.26. The van der Waals surface area contributed by atoms with Crippen molar-refractivity contribution >= 4 is 11.6 Å². The van der Waals surface area contributed by atoms with Crippen LogP contribution in [0, 0.1) is 0 Å². The lowest BCUT2D eigenvalue weighted by Gasteiger charge is -2.29. The van der Waals surface area contributed by atoms with Gasteiger partial charge in [-0.05, 0) is 19.8 Å². The van der Waals surface area contributed by atoms with Crippen molar-refractivity contribution in [1.82, 2.24) is 9.97 Å². The molecule has 1 fully saturated rings. The highest BCUT2D eigenvalue weighted by Crippen LogP contribution is 2.36. The van der Waals surface area contributed by atoms with Crippen LogP contribution in [0.1, 0.15) is 32.6 Å². The summed E-state index contributed by atoms with van der Waals surface area (Å²) in [7, 11) is 1.60. The number of hydrogen-bond acceptors (Lipinski definition) is 6. The van der Waals surface area contributed by atoms with Crippen LogP contribution in [0.5, 0.6) is 5.75 Å². The predicted molar refractivity (Wildman–Crippen MR) is 74.7 cm³/mol. The Kier molecular flexibility index (Phi) is 4.42. The Morgan fingerprint density at radius 3 is 2.58 bits per heavy atom. The molecule has 6 nitrogen and oxygen atoms in total. The van der Waals surface area contributed by atoms with Gasteiger partial charge in [0.25, 0.3) is 0 Å². The highest BCUT2D eigenvalue weighted by Gasteiger charge is 2.34. The lowest BCUT2D eigenvalue weighted by atomic mass is 9.99. The van der Waals surface area contributed by atoms with E-state index in [0.717, 1.165) is 32.2 Å². The molecule has 0 saturated heterocycles. The van der Waals surface area contributed by atoms with E-state index < -0.39 is 0 Å². The van der Waals surface area contributed by atoms with Crippen LogP contribution in [-0.4, -0.2) is 40.9 Å². The van der Waals surface area contributed by atoms with E-state index in [2.05, 4.69) is 20.6 Å². The fourth-order valence-corrected chi connectivity index (χ4v) is 2.58. The second-order valence-corrected chi connectivity index (χ2v) is 4.91. The molecule has 0 aromatic carbocycles. The van der Waals surface area contributed by atoms with Gasteiger partial charge in [-0.3, -0.25) is 0 Å². The van der Waals surface area contributed by atoms with Gasteiger partial charge in [-0.1, -0.05) is 12.8 Å². The molecule has 1 heterocycles. The topological polar surface area (TPSA) is 79.3 Å². The molecule has 1 aliphatic rings. The zero-order valence-electron chi connectivity index (χ0n) is 11.6. The number of hydrogen-bond donors (Lipinski definition) is 3. The molecule has 1 aromatic rings. The van der Waals surface area contributed by atoms with E-state index in [9.17, 15) is 5.11 Å². The summed E-state index contributed by atoms with van der Waals surface area (Å²) in [6, 6.07) is 0. The normalized spacial score (nSPS) is 17.2. The molecule has 0 radical (unpaired) electrons. The second-order valence-electron chi connectivity index (χ2n) is 4.91. The summed E-state index contributed by atoms with van der Waals surface area (Å²) in [5.74, 6) is 1.92. The Labute approximate surface area is 113 Å². The Morgan fingerprint density at radius 1 is 1.32 bits per heavy atom. The summed E-state index contributed by atoms with van der Waals surface area (Å²) < 4.78 is 5.40. The summed E-state index contributed by atoms with van der Waals surface area (Å²) in [5.41, 5.74) is -0.273. The quantitative estimate of drug-likeness (QED) is 0.726. The first-order valence-electron chi connectivity index (χ1n) is 6.76. The summed E-state index contributed by atoms with van der Waals surface area (Å²) >= 11 is 0. The Morgan fingerprint density at radius 2 is 2.00 bits per heavy atom. The minimum absolute atomic E-state index is 0.108. The van der Waals surface area contributed by atoms with E-state index in [0.29, 0.717) is 17.4 Å². The number of nitrogens with zero attached hydrogens (tertiary/aromatic N) is 2. The minimum Gasteiger partial charge on any atom is -0.490 e. The number of ether oxygens (including phenoxy) is 1. The van der Waals surface area contributed by atoms with E-state index in [4.69, 9.17) is 4.74 Å². The third-order valence-electron chi connectivity index (χ3n) is 3.60. The molecule has 0 unspecified atom stereocenters. The zero-order valence-corrected chi connectivity index (χ0v) is 11.6. The van der Waals surface area contributed by atoms with Crippen molar-refractivity contribution in [1.29, 1.82) is 0 Å². The largest absolute Gasteiger partial charge is 0.490 e. The number of aromatic nitrogens is 2. The Hall–Kier alpha value is -1.56. The number of anilines is 2. The number of rotatable bonds is 6. The van der Waals surface area contributed by atoms with E-state index in [1.807, 2.05) is 6.92 Å². The van der Waals surface area contributed by atoms with E-state index >= 15 is 0 Å². The van der Waals surface area contributed by atoms with Gasteiger partial charge in [0.05, 0.1) is 19.3 Å². The molecule has 3 N–H and O–H groups in total. The summed E-state index contributed by atoms with van der Waals surface area (Å²) in [4.78, 5) is 8.42. The van der Waals surface area contributed by atoms with Gasteiger partial charge in [-0.2, -0.15) is 0 Å². The van der Waals surface area contributed by atoms with Gasteiger partial charge in [0, 0.05) is 6.54 Å². The molecule has 0 spiro atoms. The van der Waals surface area contributed by atoms with Gasteiger partial charge in [0.15, 0.2) is 11.6 Å². The van der Waals surface area contributed by atoms with Gasteiger partial charge >= 0.3 is 0 Å². The molecular formula is C13H22N4O2. The molecule has 0 amide bonds. The first kappa shape index (κ1) is 13.9. The predicted octanol–water partition coefficient (Wildman–Crippen LogP) is 1.63. The standard InChI is InChI=1S/C13H22N4O2/c1-3-14-11-10(19-2)12(16-9-15-11)17-13(8-18)6-4-5-7-13/h9,18H,3-8H2,1-2H3,(H2,14,15,16,17). The van der Waals surface area contributed by atoms with Crippen LogP contribution in [0.4, 0.5) is 11.6 Å². The van der Waals surface area contributed by atoms with Crippen LogP contribution in [0.25, 0.3) is 0 Å². The van der Waals surface area contributed by atoms with E-state index in [-0.39, 0.29) is 12.1 Å². The fraction of sp³-hybridized carbons (Fsp3) is 0.692. The van der Waals surface area contributed by atoms with Crippen molar-refractivity contribution in [2.75, 3.05) is 30.9 Å². The van der Waals surface area contributed by atoms with Gasteiger partial charge in [0.1, 0.15) is 6.33 Å². The number of nitrogens with one attached hydrogen (secondary N) is 2. The van der Waals surface area contributed by atoms with Crippen molar-refractivity contribution in [3.8, 4) is 5.75 Å². The third-order valence-corrected chi connectivity index (χ3v) is 3.60. The minimum atomic E-state index is -0.273. The van der Waals surface area contributed by atoms with Gasteiger partial charge in [-0.25, -0.2) is 9.97 Å². The average Bonchev–Trinajstić information content (AvgIpc) is 2.89. The van der Waals surface area contributed by atoms with Crippen molar-refractivity contribution in [2.24, 2.45) is 0 Å². The molecule has 0 aliphatic heterocycles. The highest BCUT2D eigenvalue weighted by atomic mass is 16.5. The van der Waals surface area contributed by atoms with E-state index in [1.165, 1.54) is 6.33 Å². The monoisotopic (exact) mass is 266 g/mol. The van der Waals surface area contributed by atoms with Crippen LogP contribution in [0.3, 0.4) is 0 Å². The molecule has 1 saturated carbocycles. The van der Waals surface area contributed by atoms with Gasteiger partial charge in [0.2, 0.25) is 5.75 Å². The maximum absolute atomic E-state index is 9.65. The van der Waals surface area contributed by atoms with Crippen LogP contribution in [0.2, 0.25) is 0 Å².